The lowest BCUT2D eigenvalue weighted by Gasteiger charge is -2.15. The van der Waals surface area contributed by atoms with Crippen molar-refractivity contribution in [2.45, 2.75) is 174 Å². The van der Waals surface area contributed by atoms with E-state index in [0.717, 1.165) is 12.3 Å². The van der Waals surface area contributed by atoms with Crippen molar-refractivity contribution < 1.29 is 5.11 Å². The molecule has 1 atom stereocenters. The van der Waals surface area contributed by atoms with E-state index in [0.29, 0.717) is 6.61 Å². The van der Waals surface area contributed by atoms with Crippen LogP contribution in [0, 0.1) is 5.92 Å². The zero-order valence-electron chi connectivity index (χ0n) is 21.4. The minimum Gasteiger partial charge on any atom is -0.396 e. The zero-order valence-corrected chi connectivity index (χ0v) is 21.4. The molecule has 0 aromatic heterocycles. The predicted octanol–water partition coefficient (Wildman–Crippen LogP) is 10.4. The fraction of sp³-hybridized carbons (Fsp3) is 1.00. The quantitative estimate of drug-likeness (QED) is 0.137. The van der Waals surface area contributed by atoms with Crippen molar-refractivity contribution in [1.29, 1.82) is 0 Å². The van der Waals surface area contributed by atoms with Gasteiger partial charge in [0, 0.05) is 6.61 Å². The first kappa shape index (κ1) is 30.0. The maximum Gasteiger partial charge on any atom is 0.0433 e. The molecule has 0 saturated heterocycles. The summed E-state index contributed by atoms with van der Waals surface area (Å²) >= 11 is 0. The van der Waals surface area contributed by atoms with E-state index in [4.69, 9.17) is 0 Å². The molecule has 0 aliphatic carbocycles. The Morgan fingerprint density at radius 2 is 0.633 bits per heavy atom. The summed E-state index contributed by atoms with van der Waals surface area (Å²) in [7, 11) is 0. The van der Waals surface area contributed by atoms with Crippen LogP contribution in [0.2, 0.25) is 0 Å². The number of unbranched alkanes of at least 4 members (excludes halogenated alkanes) is 20. The maximum absolute atomic E-state index is 9.39. The molecule has 0 aliphatic rings. The number of hydrogen-bond donors (Lipinski definition) is 1. The van der Waals surface area contributed by atoms with Gasteiger partial charge in [0.25, 0.3) is 0 Å². The van der Waals surface area contributed by atoms with Gasteiger partial charge in [0.05, 0.1) is 0 Å². The molecule has 0 saturated carbocycles. The van der Waals surface area contributed by atoms with E-state index in [1.807, 2.05) is 0 Å². The van der Waals surface area contributed by atoms with Gasteiger partial charge in [0.15, 0.2) is 0 Å². The Kier molecular flexibility index (Phi) is 27.0. The Hall–Kier alpha value is -0.0400. The number of aliphatic hydroxyl groups is 1. The van der Waals surface area contributed by atoms with Gasteiger partial charge in [-0.1, -0.05) is 168 Å². The molecule has 0 heterocycles. The molecule has 1 heteroatoms. The van der Waals surface area contributed by atoms with Crippen LogP contribution >= 0.6 is 0 Å². The predicted molar refractivity (Wildman–Crippen MR) is 137 cm³/mol. The molecular formula is C29H60O. The highest BCUT2D eigenvalue weighted by Gasteiger charge is 2.08. The van der Waals surface area contributed by atoms with Crippen LogP contribution in [0.25, 0.3) is 0 Å². The molecule has 0 amide bonds. The molecule has 0 aromatic carbocycles. The van der Waals surface area contributed by atoms with Crippen LogP contribution in [-0.2, 0) is 0 Å². The Morgan fingerprint density at radius 1 is 0.367 bits per heavy atom. The Morgan fingerprint density at radius 3 is 0.900 bits per heavy atom. The van der Waals surface area contributed by atoms with E-state index in [9.17, 15) is 5.11 Å². The number of hydrogen-bond acceptors (Lipinski definition) is 1. The van der Waals surface area contributed by atoms with Crippen LogP contribution < -0.4 is 0 Å². The second kappa shape index (κ2) is 27.0. The van der Waals surface area contributed by atoms with Crippen LogP contribution in [0.15, 0.2) is 0 Å². The molecule has 0 rings (SSSR count). The first-order chi connectivity index (χ1) is 14.8. The van der Waals surface area contributed by atoms with Gasteiger partial charge in [-0.15, -0.1) is 0 Å². The van der Waals surface area contributed by atoms with Gasteiger partial charge in [0.2, 0.25) is 0 Å². The second-order valence-electron chi connectivity index (χ2n) is 10.0. The molecule has 1 nitrogen and oxygen atoms in total. The van der Waals surface area contributed by atoms with E-state index in [2.05, 4.69) is 13.8 Å². The van der Waals surface area contributed by atoms with E-state index in [-0.39, 0.29) is 0 Å². The summed E-state index contributed by atoms with van der Waals surface area (Å²) in [4.78, 5) is 0. The van der Waals surface area contributed by atoms with Crippen LogP contribution in [0.1, 0.15) is 174 Å². The highest BCUT2D eigenvalue weighted by atomic mass is 16.3. The van der Waals surface area contributed by atoms with Crippen molar-refractivity contribution in [3.05, 3.63) is 0 Å². The summed E-state index contributed by atoms with van der Waals surface area (Å²) in [5, 5.41) is 9.39. The van der Waals surface area contributed by atoms with E-state index >= 15 is 0 Å². The van der Waals surface area contributed by atoms with E-state index in [1.54, 1.807) is 0 Å². The van der Waals surface area contributed by atoms with E-state index < -0.39 is 0 Å². The van der Waals surface area contributed by atoms with Gasteiger partial charge in [-0.2, -0.15) is 0 Å². The van der Waals surface area contributed by atoms with Crippen molar-refractivity contribution in [2.75, 3.05) is 6.61 Å². The summed E-state index contributed by atoms with van der Waals surface area (Å²) in [6.07, 6.45) is 35.2. The third-order valence-electron chi connectivity index (χ3n) is 6.97. The average Bonchev–Trinajstić information content (AvgIpc) is 2.75. The van der Waals surface area contributed by atoms with Gasteiger partial charge < -0.3 is 5.11 Å². The minimum atomic E-state index is 0.390. The first-order valence-electron chi connectivity index (χ1n) is 14.5. The largest absolute Gasteiger partial charge is 0.396 e. The van der Waals surface area contributed by atoms with Gasteiger partial charge in [-0.25, -0.2) is 0 Å². The summed E-state index contributed by atoms with van der Waals surface area (Å²) in [5.74, 6) is 0.784. The molecule has 0 aliphatic heterocycles. The highest BCUT2D eigenvalue weighted by molar-refractivity contribution is 4.61. The van der Waals surface area contributed by atoms with Gasteiger partial charge in [0.1, 0.15) is 0 Å². The molecule has 0 fully saturated rings. The smallest absolute Gasteiger partial charge is 0.0433 e. The van der Waals surface area contributed by atoms with Crippen molar-refractivity contribution in [2.24, 2.45) is 5.92 Å². The average molecular weight is 425 g/mol. The van der Waals surface area contributed by atoms with Gasteiger partial charge in [-0.05, 0) is 12.3 Å². The molecular weight excluding hydrogens is 364 g/mol. The van der Waals surface area contributed by atoms with Gasteiger partial charge >= 0.3 is 0 Å². The third-order valence-corrected chi connectivity index (χ3v) is 6.97. The van der Waals surface area contributed by atoms with Gasteiger partial charge in [-0.3, -0.25) is 0 Å². The lowest BCUT2D eigenvalue weighted by Crippen LogP contribution is -2.03. The second-order valence-corrected chi connectivity index (χ2v) is 10.0. The number of aliphatic hydroxyl groups excluding tert-OH is 1. The maximum atomic E-state index is 9.39. The molecule has 0 radical (unpaired) electrons. The normalized spacial score (nSPS) is 12.5. The molecule has 182 valence electrons. The van der Waals surface area contributed by atoms with Crippen LogP contribution in [0.3, 0.4) is 0 Å². The summed E-state index contributed by atoms with van der Waals surface area (Å²) < 4.78 is 0. The van der Waals surface area contributed by atoms with Crippen molar-refractivity contribution in [3.8, 4) is 0 Å². The van der Waals surface area contributed by atoms with Crippen molar-refractivity contribution in [1.82, 2.24) is 0 Å². The third kappa shape index (κ3) is 24.2. The van der Waals surface area contributed by atoms with Crippen LogP contribution in [-0.4, -0.2) is 11.7 Å². The fourth-order valence-electron chi connectivity index (χ4n) is 4.81. The van der Waals surface area contributed by atoms with Crippen LogP contribution in [0.5, 0.6) is 0 Å². The molecule has 0 aromatic rings. The lowest BCUT2D eigenvalue weighted by molar-refractivity contribution is 0.241. The first-order valence-corrected chi connectivity index (χ1v) is 14.5. The fourth-order valence-corrected chi connectivity index (χ4v) is 4.81. The summed E-state index contributed by atoms with van der Waals surface area (Å²) in [6, 6.07) is 0. The Labute approximate surface area is 192 Å². The van der Waals surface area contributed by atoms with Crippen molar-refractivity contribution in [3.63, 3.8) is 0 Å². The topological polar surface area (TPSA) is 20.2 Å². The molecule has 30 heavy (non-hydrogen) atoms. The van der Waals surface area contributed by atoms with Crippen molar-refractivity contribution >= 4 is 0 Å². The minimum absolute atomic E-state index is 0.390. The summed E-state index contributed by atoms with van der Waals surface area (Å²) in [6.45, 7) is 4.98. The highest BCUT2D eigenvalue weighted by Crippen LogP contribution is 2.22. The zero-order chi connectivity index (χ0) is 22.0. The molecule has 0 unspecified atom stereocenters. The Bertz CT molecular complexity index is 288. The lowest BCUT2D eigenvalue weighted by atomic mass is 9.91. The van der Waals surface area contributed by atoms with E-state index in [1.165, 1.54) is 154 Å². The standard InChI is InChI=1S/C29H60O/c1-3-5-7-9-11-13-15-16-18-20-22-24-26-29(27-28-30)25-23-21-19-17-14-12-10-8-6-4-2/h29-30H,3-28H2,1-2H3/t29-/m0/s1. The number of rotatable bonds is 26. The molecule has 1 N–H and O–H groups in total. The molecule has 0 spiro atoms. The summed E-state index contributed by atoms with van der Waals surface area (Å²) in [5.41, 5.74) is 0. The molecule has 0 bridgehead atoms. The van der Waals surface area contributed by atoms with Crippen LogP contribution in [0.4, 0.5) is 0 Å². The Balaban J connectivity index is 3.39. The SMILES string of the molecule is CCCCCCCCCCCCCC[C@@H](CCO)CCCCCCCCCCCC. The monoisotopic (exact) mass is 424 g/mol.